The van der Waals surface area contributed by atoms with Gasteiger partial charge < -0.3 is 0 Å². The quantitative estimate of drug-likeness (QED) is 0.262. The molecule has 2 aliphatic rings. The van der Waals surface area contributed by atoms with Crippen LogP contribution in [0.1, 0.15) is 145 Å². The Labute approximate surface area is 242 Å². The molecule has 0 nitrogen and oxygen atoms in total. The van der Waals surface area contributed by atoms with Crippen molar-refractivity contribution in [3.63, 3.8) is 0 Å². The minimum absolute atomic E-state index is 0.169. The molecular formula is C34H49Cl2SiZr. The van der Waals surface area contributed by atoms with Crippen LogP contribution in [0.15, 0.2) is 35.4 Å². The fraction of sp³-hybridized carbons (Fsp3) is 0.529. The normalized spacial score (nSPS) is 20.3. The molecule has 2 atom stereocenters. The number of halogens is 2. The molecule has 0 heterocycles. The SMILES string of the molecule is CC1=Cc2c(C(C)C)cc(C(C)C)cc2[CH]1[Zr]([Cl])([Cl])([CH]1C(C)=Cc2c(C(C)C)cc(C(C)C)cc21)[SiH](C)C. The third-order valence-corrected chi connectivity index (χ3v) is 61.9. The molecule has 0 fully saturated rings. The van der Waals surface area contributed by atoms with E-state index in [-0.39, 0.29) is 7.25 Å². The van der Waals surface area contributed by atoms with Crippen LogP contribution in [-0.2, 0) is 15.6 Å². The maximum absolute atomic E-state index is 8.47. The van der Waals surface area contributed by atoms with Crippen molar-refractivity contribution in [3.8, 4) is 0 Å². The van der Waals surface area contributed by atoms with Gasteiger partial charge in [-0.05, 0) is 0 Å². The average molecular weight is 648 g/mol. The van der Waals surface area contributed by atoms with E-state index in [9.17, 15) is 0 Å². The van der Waals surface area contributed by atoms with Gasteiger partial charge in [0.15, 0.2) is 0 Å². The van der Waals surface area contributed by atoms with Gasteiger partial charge >= 0.3 is 244 Å². The summed E-state index contributed by atoms with van der Waals surface area (Å²) in [6.07, 6.45) is 4.90. The summed E-state index contributed by atoms with van der Waals surface area (Å²) in [7, 11) is 16.9. The Morgan fingerprint density at radius 2 is 0.947 bits per heavy atom. The van der Waals surface area contributed by atoms with Gasteiger partial charge in [-0.15, -0.1) is 0 Å². The van der Waals surface area contributed by atoms with Crippen molar-refractivity contribution in [2.75, 3.05) is 0 Å². The van der Waals surface area contributed by atoms with Crippen LogP contribution in [0.25, 0.3) is 12.2 Å². The van der Waals surface area contributed by atoms with Crippen LogP contribution in [0.3, 0.4) is 0 Å². The van der Waals surface area contributed by atoms with E-state index in [0.29, 0.717) is 23.7 Å². The van der Waals surface area contributed by atoms with Crippen LogP contribution in [0, 0.1) is 0 Å². The molecule has 2 unspecified atom stereocenters. The molecule has 4 heteroatoms. The van der Waals surface area contributed by atoms with Gasteiger partial charge in [0.25, 0.3) is 0 Å². The molecule has 0 spiro atoms. The van der Waals surface area contributed by atoms with Crippen molar-refractivity contribution in [2.24, 2.45) is 0 Å². The van der Waals surface area contributed by atoms with E-state index in [1.807, 2.05) is 0 Å². The Kier molecular flexibility index (Phi) is 8.41. The summed E-state index contributed by atoms with van der Waals surface area (Å²) < 4.78 is 0.337. The number of benzene rings is 2. The summed E-state index contributed by atoms with van der Waals surface area (Å²) in [4.78, 5) is 0. The maximum atomic E-state index is 8.47. The third-order valence-electron chi connectivity index (χ3n) is 9.59. The topological polar surface area (TPSA) is 0 Å². The van der Waals surface area contributed by atoms with Crippen LogP contribution in [0.2, 0.25) is 13.1 Å². The van der Waals surface area contributed by atoms with E-state index in [2.05, 4.69) is 119 Å². The molecule has 4 rings (SSSR count). The zero-order valence-electron chi connectivity index (χ0n) is 25.8. The first-order chi connectivity index (χ1) is 17.5. The van der Waals surface area contributed by atoms with E-state index in [1.54, 1.807) is 0 Å². The second-order valence-electron chi connectivity index (χ2n) is 13.9. The molecule has 0 saturated carbocycles. The van der Waals surface area contributed by atoms with Crippen LogP contribution in [0.5, 0.6) is 0 Å². The number of allylic oxidation sites excluding steroid dienone is 2. The summed E-state index contributed by atoms with van der Waals surface area (Å²) in [5.41, 5.74) is 14.2. The molecule has 0 bridgehead atoms. The molecule has 0 aromatic heterocycles. The molecule has 0 amide bonds. The Morgan fingerprint density at radius 3 is 1.21 bits per heavy atom. The first-order valence-electron chi connectivity index (χ1n) is 14.8. The molecule has 0 N–H and O–H groups in total. The van der Waals surface area contributed by atoms with Crippen molar-refractivity contribution >= 4 is 35.1 Å². The number of rotatable bonds is 7. The summed E-state index contributed by atoms with van der Waals surface area (Å²) in [6, 6.07) is 9.85. The van der Waals surface area contributed by atoms with Crippen molar-refractivity contribution < 1.29 is 15.6 Å². The van der Waals surface area contributed by atoms with E-state index in [4.69, 9.17) is 17.0 Å². The zero-order chi connectivity index (χ0) is 28.5. The molecule has 207 valence electrons. The molecular weight excluding hydrogens is 599 g/mol. The molecule has 0 radical (unpaired) electrons. The van der Waals surface area contributed by atoms with Crippen molar-refractivity contribution in [3.05, 3.63) is 79.9 Å². The Hall–Kier alpha value is -0.400. The fourth-order valence-corrected chi connectivity index (χ4v) is 40.1. The first kappa shape index (κ1) is 30.6. The van der Waals surface area contributed by atoms with Gasteiger partial charge in [0.1, 0.15) is 0 Å². The van der Waals surface area contributed by atoms with Gasteiger partial charge in [0.2, 0.25) is 0 Å². The van der Waals surface area contributed by atoms with Gasteiger partial charge in [0.05, 0.1) is 0 Å². The number of hydrogen-bond acceptors (Lipinski definition) is 0. The summed E-state index contributed by atoms with van der Waals surface area (Å²) >= 11 is -4.63. The predicted octanol–water partition coefficient (Wildman–Crippen LogP) is 11.8. The molecule has 38 heavy (non-hydrogen) atoms. The average Bonchev–Trinajstić information content (AvgIpc) is 3.33. The number of hydrogen-bond donors (Lipinski definition) is 0. The fourth-order valence-electron chi connectivity index (χ4n) is 7.29. The summed E-state index contributed by atoms with van der Waals surface area (Å²) in [5, 5.41) is 0. The summed E-state index contributed by atoms with van der Waals surface area (Å²) in [5.74, 6) is 0.346. The Morgan fingerprint density at radius 1 is 0.605 bits per heavy atom. The van der Waals surface area contributed by atoms with E-state index in [0.717, 1.165) is 0 Å². The second-order valence-corrected chi connectivity index (χ2v) is 56.4. The zero-order valence-corrected chi connectivity index (χ0v) is 30.9. The van der Waals surface area contributed by atoms with Crippen molar-refractivity contribution in [2.45, 2.75) is 113 Å². The second kappa shape index (κ2) is 10.5. The van der Waals surface area contributed by atoms with E-state index < -0.39 is 21.5 Å². The van der Waals surface area contributed by atoms with Gasteiger partial charge in [0, 0.05) is 0 Å². The van der Waals surface area contributed by atoms with Gasteiger partial charge in [-0.3, -0.25) is 0 Å². The molecule has 2 aromatic rings. The molecule has 0 aliphatic heterocycles. The standard InChI is InChI=1S/2C16H21.C2H7Si.2ClH.Zr/c2*1-10(2)13-8-14-6-12(5)7-16(14)15(9-13)11(3)4;1-3-2;;;/h2*6-11H,1-5H3;3H,1-2H3;2*1H;/q;;;;;+2/p-2. The molecule has 2 aromatic carbocycles. The first-order valence-corrected chi connectivity index (χ1v) is 31.1. The number of fused-ring (bicyclic) bond motifs is 2. The molecule has 2 aliphatic carbocycles. The van der Waals surface area contributed by atoms with Crippen LogP contribution in [-0.4, -0.2) is 5.92 Å². The monoisotopic (exact) mass is 645 g/mol. The van der Waals surface area contributed by atoms with E-state index in [1.165, 1.54) is 55.7 Å². The predicted molar refractivity (Wildman–Crippen MR) is 173 cm³/mol. The van der Waals surface area contributed by atoms with Crippen molar-refractivity contribution in [1.82, 2.24) is 0 Å². The van der Waals surface area contributed by atoms with E-state index >= 15 is 0 Å². The molecule has 0 saturated heterocycles. The van der Waals surface area contributed by atoms with Crippen LogP contribution < -0.4 is 0 Å². The third kappa shape index (κ3) is 4.66. The minimum atomic E-state index is -4.63. The van der Waals surface area contributed by atoms with Gasteiger partial charge in [-0.1, -0.05) is 0 Å². The summed E-state index contributed by atoms with van der Waals surface area (Å²) in [6.45, 7) is 28.1. The van der Waals surface area contributed by atoms with Gasteiger partial charge in [-0.2, -0.15) is 0 Å². The Balaban J connectivity index is 2.06. The van der Waals surface area contributed by atoms with Crippen molar-refractivity contribution in [1.29, 1.82) is 0 Å². The Bertz CT molecular complexity index is 1230. The van der Waals surface area contributed by atoms with Crippen LogP contribution >= 0.6 is 17.0 Å². The van der Waals surface area contributed by atoms with Gasteiger partial charge in [-0.25, -0.2) is 0 Å². The van der Waals surface area contributed by atoms with Crippen LogP contribution in [0.4, 0.5) is 0 Å².